The van der Waals surface area contributed by atoms with E-state index in [2.05, 4.69) is 5.32 Å². The lowest BCUT2D eigenvalue weighted by Crippen LogP contribution is -2.50. The van der Waals surface area contributed by atoms with Crippen molar-refractivity contribution in [2.45, 2.75) is 32.4 Å². The molecule has 0 aliphatic rings. The van der Waals surface area contributed by atoms with Gasteiger partial charge in [-0.1, -0.05) is 36.7 Å². The van der Waals surface area contributed by atoms with Crippen LogP contribution < -0.4 is 11.1 Å². The SMILES string of the molecule is CCC(C)(N)C(=O)NCc1ccccc1Cl. The highest BCUT2D eigenvalue weighted by atomic mass is 35.5. The van der Waals surface area contributed by atoms with Gasteiger partial charge in [0, 0.05) is 11.6 Å². The predicted molar refractivity (Wildman–Crippen MR) is 66.2 cm³/mol. The second kappa shape index (κ2) is 5.32. The Balaban J connectivity index is 2.59. The second-order valence-corrected chi connectivity index (χ2v) is 4.45. The first-order valence-corrected chi connectivity index (χ1v) is 5.65. The topological polar surface area (TPSA) is 55.1 Å². The molecule has 0 aliphatic heterocycles. The molecule has 1 amide bonds. The monoisotopic (exact) mass is 240 g/mol. The lowest BCUT2D eigenvalue weighted by molar-refractivity contribution is -0.126. The van der Waals surface area contributed by atoms with Crippen molar-refractivity contribution in [3.05, 3.63) is 34.9 Å². The zero-order valence-electron chi connectivity index (χ0n) is 9.59. The van der Waals surface area contributed by atoms with Crippen LogP contribution in [0.3, 0.4) is 0 Å². The highest BCUT2D eigenvalue weighted by molar-refractivity contribution is 6.31. The molecular weight excluding hydrogens is 224 g/mol. The Morgan fingerprint density at radius 3 is 2.69 bits per heavy atom. The highest BCUT2D eigenvalue weighted by Gasteiger charge is 2.25. The zero-order chi connectivity index (χ0) is 12.2. The first kappa shape index (κ1) is 13.0. The number of benzene rings is 1. The number of carbonyl (C=O) groups is 1. The van der Waals surface area contributed by atoms with Crippen LogP contribution in [-0.4, -0.2) is 11.4 Å². The van der Waals surface area contributed by atoms with Gasteiger partial charge in [0.1, 0.15) is 0 Å². The molecule has 0 fully saturated rings. The van der Waals surface area contributed by atoms with Gasteiger partial charge >= 0.3 is 0 Å². The van der Waals surface area contributed by atoms with E-state index < -0.39 is 5.54 Å². The van der Waals surface area contributed by atoms with E-state index in [1.807, 2.05) is 25.1 Å². The zero-order valence-corrected chi connectivity index (χ0v) is 10.3. The maximum atomic E-state index is 11.7. The Morgan fingerprint density at radius 2 is 2.12 bits per heavy atom. The number of nitrogens with one attached hydrogen (secondary N) is 1. The minimum Gasteiger partial charge on any atom is -0.350 e. The normalized spacial score (nSPS) is 14.2. The number of carbonyl (C=O) groups excluding carboxylic acids is 1. The van der Waals surface area contributed by atoms with Crippen LogP contribution >= 0.6 is 11.6 Å². The Labute approximate surface area is 101 Å². The fraction of sp³-hybridized carbons (Fsp3) is 0.417. The van der Waals surface area contributed by atoms with Crippen molar-refractivity contribution in [1.29, 1.82) is 0 Å². The third-order valence-corrected chi connectivity index (χ3v) is 3.02. The van der Waals surface area contributed by atoms with Gasteiger partial charge in [0.05, 0.1) is 5.54 Å². The molecular formula is C12H17ClN2O. The van der Waals surface area contributed by atoms with E-state index in [4.69, 9.17) is 17.3 Å². The first-order chi connectivity index (χ1) is 7.47. The van der Waals surface area contributed by atoms with E-state index in [1.165, 1.54) is 0 Å². The van der Waals surface area contributed by atoms with Crippen LogP contribution in [0.1, 0.15) is 25.8 Å². The Hall–Kier alpha value is -1.06. The van der Waals surface area contributed by atoms with Gasteiger partial charge in [-0.05, 0) is 25.0 Å². The van der Waals surface area contributed by atoms with Gasteiger partial charge in [-0.25, -0.2) is 0 Å². The number of rotatable bonds is 4. The van der Waals surface area contributed by atoms with Gasteiger partial charge in [0.25, 0.3) is 0 Å². The maximum Gasteiger partial charge on any atom is 0.240 e. The molecule has 0 aromatic heterocycles. The number of hydrogen-bond acceptors (Lipinski definition) is 2. The summed E-state index contributed by atoms with van der Waals surface area (Å²) in [7, 11) is 0. The standard InChI is InChI=1S/C12H17ClN2O/c1-3-12(2,14)11(16)15-8-9-6-4-5-7-10(9)13/h4-7H,3,8,14H2,1-2H3,(H,15,16). The summed E-state index contributed by atoms with van der Waals surface area (Å²) in [5.41, 5.74) is 5.89. The smallest absolute Gasteiger partial charge is 0.240 e. The van der Waals surface area contributed by atoms with Crippen LogP contribution in [0.5, 0.6) is 0 Å². The molecule has 0 spiro atoms. The van der Waals surface area contributed by atoms with Gasteiger partial charge in [-0.2, -0.15) is 0 Å². The summed E-state index contributed by atoms with van der Waals surface area (Å²) in [6, 6.07) is 7.41. The molecule has 16 heavy (non-hydrogen) atoms. The molecule has 4 heteroatoms. The van der Waals surface area contributed by atoms with Crippen molar-refractivity contribution in [1.82, 2.24) is 5.32 Å². The quantitative estimate of drug-likeness (QED) is 0.847. The average Bonchev–Trinajstić information content (AvgIpc) is 2.27. The average molecular weight is 241 g/mol. The summed E-state index contributed by atoms with van der Waals surface area (Å²) in [6.45, 7) is 4.01. The van der Waals surface area contributed by atoms with Crippen LogP contribution in [0.2, 0.25) is 5.02 Å². The van der Waals surface area contributed by atoms with E-state index >= 15 is 0 Å². The van der Waals surface area contributed by atoms with E-state index in [1.54, 1.807) is 13.0 Å². The Morgan fingerprint density at radius 1 is 1.50 bits per heavy atom. The number of halogens is 1. The third-order valence-electron chi connectivity index (χ3n) is 2.65. The lowest BCUT2D eigenvalue weighted by atomic mass is 9.99. The van der Waals surface area contributed by atoms with Gasteiger partial charge in [0.2, 0.25) is 5.91 Å². The minimum absolute atomic E-state index is 0.157. The molecule has 0 heterocycles. The van der Waals surface area contributed by atoms with E-state index in [9.17, 15) is 4.79 Å². The Bertz CT molecular complexity index is 377. The van der Waals surface area contributed by atoms with Crippen molar-refractivity contribution in [3.8, 4) is 0 Å². The maximum absolute atomic E-state index is 11.7. The van der Waals surface area contributed by atoms with Gasteiger partial charge in [-0.3, -0.25) is 4.79 Å². The fourth-order valence-corrected chi connectivity index (χ4v) is 1.38. The first-order valence-electron chi connectivity index (χ1n) is 5.28. The predicted octanol–water partition coefficient (Wildman–Crippen LogP) is 2.08. The molecule has 1 aromatic rings. The van der Waals surface area contributed by atoms with Crippen LogP contribution in [0.4, 0.5) is 0 Å². The Kier molecular flexibility index (Phi) is 4.33. The largest absolute Gasteiger partial charge is 0.350 e. The van der Waals surface area contributed by atoms with Crippen LogP contribution in [0.25, 0.3) is 0 Å². The lowest BCUT2D eigenvalue weighted by Gasteiger charge is -2.21. The summed E-state index contributed by atoms with van der Waals surface area (Å²) in [5.74, 6) is -0.157. The summed E-state index contributed by atoms with van der Waals surface area (Å²) in [5, 5.41) is 3.43. The highest BCUT2D eigenvalue weighted by Crippen LogP contribution is 2.14. The molecule has 1 unspecified atom stereocenters. The molecule has 3 nitrogen and oxygen atoms in total. The van der Waals surface area contributed by atoms with Crippen LogP contribution in [0, 0.1) is 0 Å². The van der Waals surface area contributed by atoms with Crippen LogP contribution in [-0.2, 0) is 11.3 Å². The molecule has 0 radical (unpaired) electrons. The van der Waals surface area contributed by atoms with E-state index in [-0.39, 0.29) is 5.91 Å². The van der Waals surface area contributed by atoms with Crippen molar-refractivity contribution in [2.24, 2.45) is 5.73 Å². The second-order valence-electron chi connectivity index (χ2n) is 4.05. The van der Waals surface area contributed by atoms with Gasteiger partial charge in [-0.15, -0.1) is 0 Å². The minimum atomic E-state index is -0.818. The van der Waals surface area contributed by atoms with E-state index in [0.717, 1.165) is 5.56 Å². The van der Waals surface area contributed by atoms with Gasteiger partial charge < -0.3 is 11.1 Å². The van der Waals surface area contributed by atoms with Crippen molar-refractivity contribution >= 4 is 17.5 Å². The summed E-state index contributed by atoms with van der Waals surface area (Å²) in [6.07, 6.45) is 0.599. The van der Waals surface area contributed by atoms with Gasteiger partial charge in [0.15, 0.2) is 0 Å². The summed E-state index contributed by atoms with van der Waals surface area (Å²) >= 11 is 5.97. The molecule has 0 saturated carbocycles. The third kappa shape index (κ3) is 3.22. The summed E-state index contributed by atoms with van der Waals surface area (Å²) < 4.78 is 0. The molecule has 0 saturated heterocycles. The molecule has 0 bridgehead atoms. The van der Waals surface area contributed by atoms with Crippen LogP contribution in [0.15, 0.2) is 24.3 Å². The number of hydrogen-bond donors (Lipinski definition) is 2. The molecule has 1 atom stereocenters. The number of amides is 1. The summed E-state index contributed by atoms with van der Waals surface area (Å²) in [4.78, 5) is 11.7. The molecule has 3 N–H and O–H groups in total. The van der Waals surface area contributed by atoms with Crippen molar-refractivity contribution < 1.29 is 4.79 Å². The number of nitrogens with two attached hydrogens (primary N) is 1. The van der Waals surface area contributed by atoms with Crippen molar-refractivity contribution in [3.63, 3.8) is 0 Å². The van der Waals surface area contributed by atoms with E-state index in [0.29, 0.717) is 18.0 Å². The molecule has 88 valence electrons. The molecule has 1 aromatic carbocycles. The van der Waals surface area contributed by atoms with Crippen molar-refractivity contribution in [2.75, 3.05) is 0 Å². The fourth-order valence-electron chi connectivity index (χ4n) is 1.18. The molecule has 1 rings (SSSR count). The molecule has 0 aliphatic carbocycles.